The zero-order valence-electron chi connectivity index (χ0n) is 5.53. The van der Waals surface area contributed by atoms with Crippen molar-refractivity contribution >= 4 is 38.2 Å². The zero-order valence-corrected chi connectivity index (χ0v) is 8.21. The monoisotopic (exact) mass is 209 g/mol. The molecule has 0 atom stereocenters. The van der Waals surface area contributed by atoms with Crippen molar-refractivity contribution in [2.24, 2.45) is 0 Å². The summed E-state index contributed by atoms with van der Waals surface area (Å²) in [6, 6.07) is 6.44. The van der Waals surface area contributed by atoms with E-state index in [0.29, 0.717) is 5.69 Å². The molecule has 0 amide bonds. The number of halogens is 1. The summed E-state index contributed by atoms with van der Waals surface area (Å²) in [5.41, 5.74) is 0.448. The van der Waals surface area contributed by atoms with Gasteiger partial charge in [-0.2, -0.15) is 0 Å². The molecule has 0 heterocycles. The van der Waals surface area contributed by atoms with Gasteiger partial charge < -0.3 is 4.72 Å². The molecular formula is C6H8FNS3. The smallest absolute Gasteiger partial charge is 0.147 e. The van der Waals surface area contributed by atoms with E-state index in [1.165, 1.54) is 6.07 Å². The molecule has 1 nitrogen and oxygen atoms in total. The Morgan fingerprint density at radius 1 is 1.27 bits per heavy atom. The summed E-state index contributed by atoms with van der Waals surface area (Å²) in [5.74, 6) is -0.275. The van der Waals surface area contributed by atoms with Crippen LogP contribution in [0.5, 0.6) is 0 Å². The summed E-state index contributed by atoms with van der Waals surface area (Å²) in [6.45, 7) is 0. The van der Waals surface area contributed by atoms with Crippen LogP contribution >= 0.6 is 32.5 Å². The van der Waals surface area contributed by atoms with Crippen molar-refractivity contribution in [1.29, 1.82) is 0 Å². The van der Waals surface area contributed by atoms with Crippen LogP contribution in [-0.4, -0.2) is 0 Å². The Kier molecular flexibility index (Phi) is 3.42. The molecule has 1 N–H and O–H groups in total. The van der Waals surface area contributed by atoms with Crippen molar-refractivity contribution in [3.63, 3.8) is 0 Å². The standard InChI is InChI=1S/C6H8FNS3/c7-5-3-1-2-4-6(5)8-11(9)10/h1-4,8-11H. The first-order valence-electron chi connectivity index (χ1n) is 2.89. The van der Waals surface area contributed by atoms with Gasteiger partial charge in [-0.1, -0.05) is 21.3 Å². The van der Waals surface area contributed by atoms with Gasteiger partial charge in [0.05, 0.1) is 5.69 Å². The van der Waals surface area contributed by atoms with Crippen LogP contribution in [-0.2, 0) is 0 Å². The van der Waals surface area contributed by atoms with Crippen LogP contribution in [0.3, 0.4) is 0 Å². The van der Waals surface area contributed by atoms with Crippen LogP contribution in [0.15, 0.2) is 24.3 Å². The Bertz CT molecular complexity index is 241. The maximum Gasteiger partial charge on any atom is 0.147 e. The average molecular weight is 209 g/mol. The minimum absolute atomic E-state index is 0.275. The van der Waals surface area contributed by atoms with Gasteiger partial charge in [-0.25, -0.2) is 4.39 Å². The van der Waals surface area contributed by atoms with Crippen LogP contribution in [0.1, 0.15) is 0 Å². The molecule has 0 aromatic heterocycles. The first-order valence-corrected chi connectivity index (χ1v) is 6.54. The SMILES string of the molecule is Fc1ccccc1N[SH](S)S. The number of hydrogen-bond donors (Lipinski definition) is 4. The molecule has 1 aromatic rings. The fourth-order valence-electron chi connectivity index (χ4n) is 0.660. The molecule has 0 radical (unpaired) electrons. The van der Waals surface area contributed by atoms with E-state index < -0.39 is 9.15 Å². The largest absolute Gasteiger partial charge is 0.331 e. The first-order chi connectivity index (χ1) is 5.20. The van der Waals surface area contributed by atoms with E-state index in [4.69, 9.17) is 0 Å². The lowest BCUT2D eigenvalue weighted by molar-refractivity contribution is 0.632. The third-order valence-corrected chi connectivity index (χ3v) is 2.14. The summed E-state index contributed by atoms with van der Waals surface area (Å²) < 4.78 is 15.6. The highest BCUT2D eigenvalue weighted by Crippen LogP contribution is 2.35. The molecule has 0 bridgehead atoms. The van der Waals surface area contributed by atoms with Gasteiger partial charge in [-0.3, -0.25) is 0 Å². The van der Waals surface area contributed by atoms with Gasteiger partial charge in [-0.05, 0) is 12.1 Å². The fraction of sp³-hybridized carbons (Fsp3) is 0. The Morgan fingerprint density at radius 2 is 1.91 bits per heavy atom. The lowest BCUT2D eigenvalue weighted by atomic mass is 10.3. The Balaban J connectivity index is 2.78. The summed E-state index contributed by atoms with van der Waals surface area (Å²) in [7, 11) is -0.894. The Labute approximate surface area is 77.5 Å². The highest BCUT2D eigenvalue weighted by atomic mass is 33.5. The minimum atomic E-state index is -0.894. The summed E-state index contributed by atoms with van der Waals surface area (Å²) in [4.78, 5) is 0. The maximum atomic E-state index is 12.8. The number of rotatable bonds is 2. The molecule has 0 spiro atoms. The summed E-state index contributed by atoms with van der Waals surface area (Å²) in [6.07, 6.45) is 0. The minimum Gasteiger partial charge on any atom is -0.331 e. The Morgan fingerprint density at radius 3 is 2.45 bits per heavy atom. The van der Waals surface area contributed by atoms with Crippen molar-refractivity contribution in [3.05, 3.63) is 30.1 Å². The van der Waals surface area contributed by atoms with Crippen LogP contribution < -0.4 is 4.72 Å². The molecule has 0 unspecified atom stereocenters. The quantitative estimate of drug-likeness (QED) is 0.434. The fourth-order valence-corrected chi connectivity index (χ4v) is 1.70. The van der Waals surface area contributed by atoms with E-state index >= 15 is 0 Å². The second-order valence-electron chi connectivity index (χ2n) is 1.88. The normalized spacial score (nSPS) is 11.0. The second-order valence-corrected chi connectivity index (χ2v) is 6.03. The molecule has 62 valence electrons. The lowest BCUT2D eigenvalue weighted by Crippen LogP contribution is -1.89. The van der Waals surface area contributed by atoms with Crippen molar-refractivity contribution in [1.82, 2.24) is 0 Å². The first kappa shape index (κ1) is 9.09. The number of benzene rings is 1. The number of anilines is 1. The van der Waals surface area contributed by atoms with E-state index in [1.807, 2.05) is 0 Å². The third kappa shape index (κ3) is 2.84. The molecule has 0 saturated carbocycles. The van der Waals surface area contributed by atoms with Gasteiger partial charge in [0.15, 0.2) is 0 Å². The lowest BCUT2D eigenvalue weighted by Gasteiger charge is -2.11. The topological polar surface area (TPSA) is 12.0 Å². The number of hydrogen-bond acceptors (Lipinski definition) is 3. The molecule has 1 rings (SSSR count). The van der Waals surface area contributed by atoms with E-state index in [9.17, 15) is 4.39 Å². The highest BCUT2D eigenvalue weighted by Gasteiger charge is 1.98. The molecule has 5 heteroatoms. The van der Waals surface area contributed by atoms with Crippen molar-refractivity contribution in [3.8, 4) is 0 Å². The zero-order chi connectivity index (χ0) is 8.27. The van der Waals surface area contributed by atoms with Gasteiger partial charge in [-0.15, -0.1) is 23.3 Å². The van der Waals surface area contributed by atoms with Crippen LogP contribution in [0.25, 0.3) is 0 Å². The predicted molar refractivity (Wildman–Crippen MR) is 57.0 cm³/mol. The third-order valence-electron chi connectivity index (χ3n) is 1.09. The molecule has 1 aromatic carbocycles. The molecular weight excluding hydrogens is 201 g/mol. The van der Waals surface area contributed by atoms with E-state index in [-0.39, 0.29) is 5.82 Å². The number of para-hydroxylation sites is 1. The van der Waals surface area contributed by atoms with E-state index in [1.54, 1.807) is 18.2 Å². The van der Waals surface area contributed by atoms with Crippen molar-refractivity contribution in [2.75, 3.05) is 4.72 Å². The van der Waals surface area contributed by atoms with Gasteiger partial charge in [0.1, 0.15) is 5.82 Å². The molecule has 0 aliphatic carbocycles. The highest BCUT2D eigenvalue weighted by molar-refractivity contribution is 9.09. The predicted octanol–water partition coefficient (Wildman–Crippen LogP) is 2.84. The summed E-state index contributed by atoms with van der Waals surface area (Å²) >= 11 is 8.02. The second kappa shape index (κ2) is 4.13. The van der Waals surface area contributed by atoms with Gasteiger partial charge in [0, 0.05) is 0 Å². The average Bonchev–Trinajstić information content (AvgIpc) is 1.93. The van der Waals surface area contributed by atoms with Crippen LogP contribution in [0.4, 0.5) is 10.1 Å². The molecule has 0 saturated heterocycles. The van der Waals surface area contributed by atoms with Crippen molar-refractivity contribution in [2.45, 2.75) is 0 Å². The molecule has 0 aliphatic heterocycles. The molecule has 0 fully saturated rings. The van der Waals surface area contributed by atoms with Crippen LogP contribution in [0, 0.1) is 5.82 Å². The number of thiol groups is 3. The van der Waals surface area contributed by atoms with Crippen LogP contribution in [0.2, 0.25) is 0 Å². The maximum absolute atomic E-state index is 12.8. The molecule has 11 heavy (non-hydrogen) atoms. The van der Waals surface area contributed by atoms with Gasteiger partial charge >= 0.3 is 0 Å². The Hall–Kier alpha value is -0.000000000000000111. The van der Waals surface area contributed by atoms with Crippen molar-refractivity contribution < 1.29 is 4.39 Å². The summed E-state index contributed by atoms with van der Waals surface area (Å²) in [5, 5.41) is 0. The van der Waals surface area contributed by atoms with Gasteiger partial charge in [0.25, 0.3) is 0 Å². The van der Waals surface area contributed by atoms with E-state index in [2.05, 4.69) is 28.0 Å². The number of nitrogens with one attached hydrogen (secondary N) is 1. The van der Waals surface area contributed by atoms with Gasteiger partial charge in [0.2, 0.25) is 0 Å². The molecule has 0 aliphatic rings. The van der Waals surface area contributed by atoms with E-state index in [0.717, 1.165) is 0 Å².